The molecule has 0 saturated heterocycles. The molecule has 0 radical (unpaired) electrons. The van der Waals surface area contributed by atoms with Gasteiger partial charge in [-0.05, 0) is 56.4 Å². The van der Waals surface area contributed by atoms with Crippen molar-refractivity contribution in [1.82, 2.24) is 29.9 Å². The third-order valence-corrected chi connectivity index (χ3v) is 3.86. The Labute approximate surface area is 173 Å². The number of nitrogens with zero attached hydrogens (tertiary/aromatic N) is 7. The Kier molecular flexibility index (Phi) is 9.32. The summed E-state index contributed by atoms with van der Waals surface area (Å²) in [6.07, 6.45) is 3.80. The molecule has 0 aliphatic carbocycles. The minimum absolute atomic E-state index is 0.00627. The van der Waals surface area contributed by atoms with Gasteiger partial charge in [0.2, 0.25) is 22.5 Å². The van der Waals surface area contributed by atoms with Crippen LogP contribution in [-0.4, -0.2) is 56.2 Å². The smallest absolute Gasteiger partial charge is 0.322 e. The van der Waals surface area contributed by atoms with E-state index in [0.29, 0.717) is 26.3 Å². The molecule has 2 aromatic heterocycles. The Morgan fingerprint density at radius 3 is 1.71 bits per heavy atom. The van der Waals surface area contributed by atoms with Crippen molar-refractivity contribution >= 4 is 35.1 Å². The van der Waals surface area contributed by atoms with E-state index in [1.165, 1.54) is 0 Å². The number of anilines is 2. The normalized spacial score (nSPS) is 10.8. The summed E-state index contributed by atoms with van der Waals surface area (Å²) in [7, 11) is 0. The first-order chi connectivity index (χ1) is 13.6. The monoisotopic (exact) mass is 430 g/mol. The lowest BCUT2D eigenvalue weighted by Gasteiger charge is -2.21. The van der Waals surface area contributed by atoms with Crippen molar-refractivity contribution in [2.75, 3.05) is 31.2 Å². The Morgan fingerprint density at radius 1 is 0.750 bits per heavy atom. The molecule has 2 heterocycles. The zero-order valence-electron chi connectivity index (χ0n) is 15.9. The highest BCUT2D eigenvalue weighted by Crippen LogP contribution is 2.24. The summed E-state index contributed by atoms with van der Waals surface area (Å²) in [5, 5.41) is 0.0125. The number of halogens is 2. The molecule has 0 fully saturated rings. The summed E-state index contributed by atoms with van der Waals surface area (Å²) in [5.74, 6) is 0.513. The molecule has 0 saturated carbocycles. The second kappa shape index (κ2) is 11.7. The van der Waals surface area contributed by atoms with E-state index in [1.807, 2.05) is 13.8 Å². The molecule has 0 aliphatic rings. The lowest BCUT2D eigenvalue weighted by atomic mass is 10.2. The van der Waals surface area contributed by atoms with Gasteiger partial charge in [-0.15, -0.1) is 0 Å². The Hall–Kier alpha value is -2.04. The van der Waals surface area contributed by atoms with E-state index in [4.69, 9.17) is 38.4 Å². The molecule has 0 bridgehead atoms. The number of aromatic nitrogens is 6. The van der Waals surface area contributed by atoms with E-state index in [1.54, 1.807) is 4.90 Å². The van der Waals surface area contributed by atoms with E-state index in [2.05, 4.69) is 29.9 Å². The van der Waals surface area contributed by atoms with Crippen molar-refractivity contribution in [2.45, 2.75) is 39.5 Å². The van der Waals surface area contributed by atoms with Crippen LogP contribution >= 0.6 is 23.2 Å². The highest BCUT2D eigenvalue weighted by molar-refractivity contribution is 6.28. The van der Waals surface area contributed by atoms with Gasteiger partial charge < -0.3 is 15.2 Å². The van der Waals surface area contributed by atoms with Crippen molar-refractivity contribution in [3.63, 3.8) is 0 Å². The predicted molar refractivity (Wildman–Crippen MR) is 107 cm³/mol. The van der Waals surface area contributed by atoms with Gasteiger partial charge in [0.05, 0.1) is 13.2 Å². The van der Waals surface area contributed by atoms with Crippen LogP contribution in [0.1, 0.15) is 39.5 Å². The lowest BCUT2D eigenvalue weighted by molar-refractivity contribution is 0.310. The van der Waals surface area contributed by atoms with Crippen LogP contribution in [0.4, 0.5) is 11.9 Å². The molecular formula is C16H24Cl2N8O2. The van der Waals surface area contributed by atoms with Crippen molar-refractivity contribution < 1.29 is 9.47 Å². The molecule has 0 aliphatic heterocycles. The maximum absolute atomic E-state index is 6.05. The van der Waals surface area contributed by atoms with Crippen molar-refractivity contribution in [3.8, 4) is 12.0 Å². The first-order valence-corrected chi connectivity index (χ1v) is 9.89. The van der Waals surface area contributed by atoms with Gasteiger partial charge in [-0.1, -0.05) is 12.8 Å². The molecule has 0 amide bonds. The standard InChI is InChI=1S/C16H24Cl2N8O2/c1-3-27-15-22-11(17)20-13(24-15)26(10-8-6-5-7-9-19)14-21-12(18)23-16(25-14)28-4-2/h3-10,19H2,1-2H3. The Bertz CT molecular complexity index is 697. The number of unbranched alkanes of at least 4 members (excludes halogenated alkanes) is 3. The number of nitrogens with two attached hydrogens (primary N) is 1. The van der Waals surface area contributed by atoms with Crippen LogP contribution in [0.3, 0.4) is 0 Å². The molecule has 2 aromatic rings. The number of hydrogen-bond acceptors (Lipinski definition) is 10. The molecular weight excluding hydrogens is 407 g/mol. The SMILES string of the molecule is CCOc1nc(Cl)nc(N(CCCCCCN)c2nc(Cl)nc(OCC)n2)n1. The summed E-state index contributed by atoms with van der Waals surface area (Å²) in [5.41, 5.74) is 5.55. The van der Waals surface area contributed by atoms with Crippen LogP contribution in [0.2, 0.25) is 10.6 Å². The van der Waals surface area contributed by atoms with Crippen LogP contribution < -0.4 is 20.1 Å². The predicted octanol–water partition coefficient (Wildman–Crippen LogP) is 2.82. The maximum Gasteiger partial charge on any atom is 0.322 e. The molecule has 0 unspecified atom stereocenters. The molecule has 154 valence electrons. The van der Waals surface area contributed by atoms with Gasteiger partial charge in [-0.25, -0.2) is 0 Å². The first kappa shape index (κ1) is 22.3. The molecule has 10 nitrogen and oxygen atoms in total. The molecule has 12 heteroatoms. The fraction of sp³-hybridized carbons (Fsp3) is 0.625. The molecule has 0 spiro atoms. The molecule has 2 N–H and O–H groups in total. The third kappa shape index (κ3) is 6.84. The average Bonchev–Trinajstić information content (AvgIpc) is 2.64. The number of hydrogen-bond donors (Lipinski definition) is 1. The molecule has 0 aromatic carbocycles. The van der Waals surface area contributed by atoms with E-state index < -0.39 is 0 Å². The van der Waals surface area contributed by atoms with Crippen LogP contribution in [-0.2, 0) is 0 Å². The zero-order valence-corrected chi connectivity index (χ0v) is 17.4. The average molecular weight is 431 g/mol. The third-order valence-electron chi connectivity index (χ3n) is 3.52. The lowest BCUT2D eigenvalue weighted by Crippen LogP contribution is -2.24. The van der Waals surface area contributed by atoms with Gasteiger partial charge in [-0.2, -0.15) is 29.9 Å². The summed E-state index contributed by atoms with van der Waals surface area (Å²) < 4.78 is 10.7. The van der Waals surface area contributed by atoms with Gasteiger partial charge in [0.15, 0.2) is 0 Å². The summed E-state index contributed by atoms with van der Waals surface area (Å²) in [6, 6.07) is 0.242. The van der Waals surface area contributed by atoms with E-state index in [0.717, 1.165) is 25.7 Å². The van der Waals surface area contributed by atoms with Gasteiger partial charge >= 0.3 is 12.0 Å². The first-order valence-electron chi connectivity index (χ1n) is 9.13. The van der Waals surface area contributed by atoms with Crippen molar-refractivity contribution in [2.24, 2.45) is 5.73 Å². The largest absolute Gasteiger partial charge is 0.464 e. The molecule has 2 rings (SSSR count). The molecule has 28 heavy (non-hydrogen) atoms. The quantitative estimate of drug-likeness (QED) is 0.502. The maximum atomic E-state index is 6.05. The topological polar surface area (TPSA) is 125 Å². The van der Waals surface area contributed by atoms with Gasteiger partial charge in [0.25, 0.3) is 0 Å². The molecule has 0 atom stereocenters. The highest BCUT2D eigenvalue weighted by Gasteiger charge is 2.20. The second-order valence-corrected chi connectivity index (χ2v) is 6.27. The fourth-order valence-corrected chi connectivity index (χ4v) is 2.63. The van der Waals surface area contributed by atoms with Gasteiger partial charge in [0, 0.05) is 6.54 Å². The van der Waals surface area contributed by atoms with E-state index >= 15 is 0 Å². The van der Waals surface area contributed by atoms with E-state index in [-0.39, 0.29) is 34.5 Å². The minimum Gasteiger partial charge on any atom is -0.464 e. The summed E-state index contributed by atoms with van der Waals surface area (Å²) >= 11 is 12.1. The van der Waals surface area contributed by atoms with Crippen molar-refractivity contribution in [1.29, 1.82) is 0 Å². The van der Waals surface area contributed by atoms with Crippen LogP contribution in [0, 0.1) is 0 Å². The minimum atomic E-state index is 0.00627. The van der Waals surface area contributed by atoms with Crippen molar-refractivity contribution in [3.05, 3.63) is 10.6 Å². The van der Waals surface area contributed by atoms with Crippen LogP contribution in [0.25, 0.3) is 0 Å². The van der Waals surface area contributed by atoms with Gasteiger partial charge in [-0.3, -0.25) is 4.90 Å². The number of ether oxygens (including phenoxy) is 2. The highest BCUT2D eigenvalue weighted by atomic mass is 35.5. The van der Waals surface area contributed by atoms with Crippen LogP contribution in [0.5, 0.6) is 12.0 Å². The van der Waals surface area contributed by atoms with E-state index in [9.17, 15) is 0 Å². The number of rotatable bonds is 12. The second-order valence-electron chi connectivity index (χ2n) is 5.59. The Balaban J connectivity index is 2.34. The van der Waals surface area contributed by atoms with Gasteiger partial charge in [0.1, 0.15) is 0 Å². The Morgan fingerprint density at radius 2 is 1.25 bits per heavy atom. The fourth-order valence-electron chi connectivity index (χ4n) is 2.33. The van der Waals surface area contributed by atoms with Crippen LogP contribution in [0.15, 0.2) is 0 Å². The summed E-state index contributed by atoms with van der Waals surface area (Å²) in [4.78, 5) is 26.6. The summed E-state index contributed by atoms with van der Waals surface area (Å²) in [6.45, 7) is 5.64. The zero-order chi connectivity index (χ0) is 20.4.